The first-order chi connectivity index (χ1) is 8.41. The van der Waals surface area contributed by atoms with Crippen molar-refractivity contribution in [2.24, 2.45) is 0 Å². The van der Waals surface area contributed by atoms with E-state index in [9.17, 15) is 0 Å². The molecular weight excluding hydrogens is 238 g/mol. The van der Waals surface area contributed by atoms with Crippen molar-refractivity contribution in [3.8, 4) is 0 Å². The van der Waals surface area contributed by atoms with Crippen LogP contribution in [0.4, 0.5) is 0 Å². The Labute approximate surface area is 111 Å². The number of hydrogen-bond donors (Lipinski definition) is 1. The third-order valence-electron chi connectivity index (χ3n) is 2.39. The van der Waals surface area contributed by atoms with E-state index in [4.69, 9.17) is 21.1 Å². The van der Waals surface area contributed by atoms with Crippen LogP contribution in [0.1, 0.15) is 39.0 Å². The Hall–Kier alpha value is 0.170. The summed E-state index contributed by atoms with van der Waals surface area (Å²) in [6.07, 6.45) is 5.86. The van der Waals surface area contributed by atoms with E-state index in [0.717, 1.165) is 45.0 Å². The molecule has 0 saturated heterocycles. The summed E-state index contributed by atoms with van der Waals surface area (Å²) in [6, 6.07) is 0. The monoisotopic (exact) mass is 265 g/mol. The van der Waals surface area contributed by atoms with Gasteiger partial charge in [0.15, 0.2) is 0 Å². The molecule has 0 fully saturated rings. The zero-order valence-corrected chi connectivity index (χ0v) is 11.9. The van der Waals surface area contributed by atoms with Gasteiger partial charge in [-0.25, -0.2) is 0 Å². The summed E-state index contributed by atoms with van der Waals surface area (Å²) in [5.41, 5.74) is 0. The minimum Gasteiger partial charge on any atom is -0.379 e. The number of unbranched alkanes of at least 4 members (excludes halogenated alkanes) is 3. The molecule has 0 spiro atoms. The van der Waals surface area contributed by atoms with Crippen molar-refractivity contribution in [1.29, 1.82) is 0 Å². The molecule has 0 radical (unpaired) electrons. The van der Waals surface area contributed by atoms with Gasteiger partial charge in [0.05, 0.1) is 19.8 Å². The van der Waals surface area contributed by atoms with Gasteiger partial charge in [-0.1, -0.05) is 19.8 Å². The Kier molecular flexibility index (Phi) is 16.3. The topological polar surface area (TPSA) is 30.5 Å². The molecule has 1 N–H and O–H groups in total. The zero-order chi connectivity index (χ0) is 12.6. The van der Waals surface area contributed by atoms with Gasteiger partial charge in [-0.05, 0) is 25.8 Å². The van der Waals surface area contributed by atoms with Gasteiger partial charge in [0.2, 0.25) is 0 Å². The first-order valence-corrected chi connectivity index (χ1v) is 7.37. The van der Waals surface area contributed by atoms with Crippen LogP contribution in [-0.4, -0.2) is 45.4 Å². The van der Waals surface area contributed by atoms with Crippen molar-refractivity contribution in [2.45, 2.75) is 39.0 Å². The molecule has 0 saturated carbocycles. The largest absolute Gasteiger partial charge is 0.379 e. The van der Waals surface area contributed by atoms with Crippen LogP contribution < -0.4 is 5.32 Å². The summed E-state index contributed by atoms with van der Waals surface area (Å²) < 4.78 is 10.9. The lowest BCUT2D eigenvalue weighted by Gasteiger charge is -2.06. The first-order valence-electron chi connectivity index (χ1n) is 6.84. The Morgan fingerprint density at radius 1 is 0.824 bits per heavy atom. The second kappa shape index (κ2) is 16.2. The molecule has 0 aromatic rings. The fourth-order valence-corrected chi connectivity index (χ4v) is 1.61. The highest BCUT2D eigenvalue weighted by Gasteiger charge is 1.92. The van der Waals surface area contributed by atoms with E-state index in [1.807, 2.05) is 0 Å². The van der Waals surface area contributed by atoms with Gasteiger partial charge in [-0.15, -0.1) is 11.6 Å². The fourth-order valence-electron chi connectivity index (χ4n) is 1.42. The highest BCUT2D eigenvalue weighted by Crippen LogP contribution is 2.00. The van der Waals surface area contributed by atoms with E-state index in [1.165, 1.54) is 19.3 Å². The summed E-state index contributed by atoms with van der Waals surface area (Å²) >= 11 is 5.59. The van der Waals surface area contributed by atoms with Crippen LogP contribution in [0.5, 0.6) is 0 Å². The second-order valence-corrected chi connectivity index (χ2v) is 4.46. The molecule has 0 atom stereocenters. The van der Waals surface area contributed by atoms with E-state index in [0.29, 0.717) is 13.2 Å². The van der Waals surface area contributed by atoms with Crippen molar-refractivity contribution in [3.63, 3.8) is 0 Å². The highest BCUT2D eigenvalue weighted by molar-refractivity contribution is 6.17. The van der Waals surface area contributed by atoms with E-state index < -0.39 is 0 Å². The average Bonchev–Trinajstić information content (AvgIpc) is 2.35. The Morgan fingerprint density at radius 3 is 2.24 bits per heavy atom. The highest BCUT2D eigenvalue weighted by atomic mass is 35.5. The van der Waals surface area contributed by atoms with Gasteiger partial charge < -0.3 is 14.8 Å². The molecule has 104 valence electrons. The van der Waals surface area contributed by atoms with E-state index in [2.05, 4.69) is 12.2 Å². The molecule has 3 nitrogen and oxygen atoms in total. The minimum absolute atomic E-state index is 0.704. The fraction of sp³-hybridized carbons (Fsp3) is 1.00. The van der Waals surface area contributed by atoms with Crippen LogP contribution in [0.3, 0.4) is 0 Å². The van der Waals surface area contributed by atoms with Gasteiger partial charge in [0, 0.05) is 19.0 Å². The van der Waals surface area contributed by atoms with Gasteiger partial charge in [-0.2, -0.15) is 0 Å². The minimum atomic E-state index is 0.704. The lowest BCUT2D eigenvalue weighted by Crippen LogP contribution is -2.21. The van der Waals surface area contributed by atoms with Gasteiger partial charge in [0.1, 0.15) is 0 Å². The van der Waals surface area contributed by atoms with Crippen LogP contribution in [0, 0.1) is 0 Å². The second-order valence-electron chi connectivity index (χ2n) is 4.08. The molecule has 0 unspecified atom stereocenters. The predicted molar refractivity (Wildman–Crippen MR) is 74.0 cm³/mol. The van der Waals surface area contributed by atoms with Crippen LogP contribution in [0.25, 0.3) is 0 Å². The summed E-state index contributed by atoms with van der Waals surface area (Å²) in [7, 11) is 0. The van der Waals surface area contributed by atoms with E-state index in [1.54, 1.807) is 0 Å². The predicted octanol–water partition coefficient (Wildman–Crippen LogP) is 2.82. The van der Waals surface area contributed by atoms with Crippen LogP contribution in [0.15, 0.2) is 0 Å². The van der Waals surface area contributed by atoms with Crippen molar-refractivity contribution >= 4 is 11.6 Å². The SMILES string of the molecule is CCCNCCOCCOCCCCCCCl. The molecule has 0 amide bonds. The van der Waals surface area contributed by atoms with Gasteiger partial charge >= 0.3 is 0 Å². The molecule has 0 aliphatic heterocycles. The zero-order valence-electron chi connectivity index (χ0n) is 11.2. The number of hydrogen-bond acceptors (Lipinski definition) is 3. The third-order valence-corrected chi connectivity index (χ3v) is 2.66. The lowest BCUT2D eigenvalue weighted by molar-refractivity contribution is 0.0474. The number of alkyl halides is 1. The van der Waals surface area contributed by atoms with Crippen molar-refractivity contribution in [1.82, 2.24) is 5.32 Å². The molecule has 17 heavy (non-hydrogen) atoms. The Bertz CT molecular complexity index is 123. The van der Waals surface area contributed by atoms with Crippen molar-refractivity contribution < 1.29 is 9.47 Å². The first kappa shape index (κ1) is 17.2. The number of ether oxygens (including phenoxy) is 2. The summed E-state index contributed by atoms with van der Waals surface area (Å²) in [5, 5.41) is 3.29. The smallest absolute Gasteiger partial charge is 0.0701 e. The number of nitrogens with one attached hydrogen (secondary N) is 1. The molecule has 0 bridgehead atoms. The third kappa shape index (κ3) is 16.2. The summed E-state index contributed by atoms with van der Waals surface area (Å²) in [5.74, 6) is 0.779. The maximum atomic E-state index is 5.59. The molecule has 4 heteroatoms. The Balaban J connectivity index is 2.85. The van der Waals surface area contributed by atoms with E-state index in [-0.39, 0.29) is 0 Å². The summed E-state index contributed by atoms with van der Waals surface area (Å²) in [6.45, 7) is 7.21. The molecule has 0 aromatic heterocycles. The van der Waals surface area contributed by atoms with Gasteiger partial charge in [0.25, 0.3) is 0 Å². The standard InChI is InChI=1S/C13H28ClNO2/c1-2-8-15-9-11-17-13-12-16-10-6-4-3-5-7-14/h15H,2-13H2,1H3. The maximum absolute atomic E-state index is 5.59. The number of rotatable bonds is 14. The molecule has 0 aliphatic rings. The van der Waals surface area contributed by atoms with Crippen LogP contribution >= 0.6 is 11.6 Å². The van der Waals surface area contributed by atoms with Crippen molar-refractivity contribution in [2.75, 3.05) is 45.4 Å². The van der Waals surface area contributed by atoms with Crippen molar-refractivity contribution in [3.05, 3.63) is 0 Å². The van der Waals surface area contributed by atoms with E-state index >= 15 is 0 Å². The quantitative estimate of drug-likeness (QED) is 0.387. The van der Waals surface area contributed by atoms with Crippen LogP contribution in [0.2, 0.25) is 0 Å². The van der Waals surface area contributed by atoms with Gasteiger partial charge in [-0.3, -0.25) is 0 Å². The van der Waals surface area contributed by atoms with Crippen LogP contribution in [-0.2, 0) is 9.47 Å². The Morgan fingerprint density at radius 2 is 1.53 bits per heavy atom. The molecule has 0 aromatic carbocycles. The normalized spacial score (nSPS) is 10.9. The summed E-state index contributed by atoms with van der Waals surface area (Å²) in [4.78, 5) is 0. The number of halogens is 1. The molecule has 0 heterocycles. The maximum Gasteiger partial charge on any atom is 0.0701 e. The average molecular weight is 266 g/mol. The molecule has 0 aliphatic carbocycles. The molecule has 0 rings (SSSR count). The lowest BCUT2D eigenvalue weighted by atomic mass is 10.2. The molecular formula is C13H28ClNO2.